The van der Waals surface area contributed by atoms with E-state index in [1.54, 1.807) is 4.68 Å². The average Bonchev–Trinajstić information content (AvgIpc) is 2.50. The average molecular weight is 163 g/mol. The Bertz CT molecular complexity index is 270. The normalized spacial score (nSPS) is 9.67. The van der Waals surface area contributed by atoms with E-state index >= 15 is 0 Å². The van der Waals surface area contributed by atoms with Gasteiger partial charge in [-0.3, -0.25) is 4.68 Å². The number of rotatable bonds is 4. The van der Waals surface area contributed by atoms with Gasteiger partial charge in [0.1, 0.15) is 6.54 Å². The van der Waals surface area contributed by atoms with E-state index in [0.29, 0.717) is 6.54 Å². The maximum atomic E-state index is 5.14. The minimum atomic E-state index is 0.548. The monoisotopic (exact) mass is 163 g/mol. The van der Waals surface area contributed by atoms with Crippen LogP contribution in [0.25, 0.3) is 0 Å². The van der Waals surface area contributed by atoms with Gasteiger partial charge in [-0.15, -0.1) is 6.42 Å². The third-order valence-corrected chi connectivity index (χ3v) is 1.51. The lowest BCUT2D eigenvalue weighted by atomic mass is 10.4. The molecule has 0 saturated carbocycles. The molecule has 0 aromatic carbocycles. The molecule has 0 radical (unpaired) electrons. The van der Waals surface area contributed by atoms with E-state index in [-0.39, 0.29) is 0 Å². The second-order valence-corrected chi connectivity index (χ2v) is 2.49. The van der Waals surface area contributed by atoms with Crippen LogP contribution >= 0.6 is 0 Å². The molecule has 0 fully saturated rings. The maximum Gasteiger partial charge on any atom is 0.101 e. The fourth-order valence-corrected chi connectivity index (χ4v) is 0.933. The SMILES string of the molecule is C#CCn1ccc(CNCC)n1. The Morgan fingerprint density at radius 2 is 2.58 bits per heavy atom. The molecule has 0 amide bonds. The second-order valence-electron chi connectivity index (χ2n) is 2.49. The van der Waals surface area contributed by atoms with Gasteiger partial charge < -0.3 is 5.32 Å². The molecule has 1 aromatic heterocycles. The largest absolute Gasteiger partial charge is 0.311 e. The van der Waals surface area contributed by atoms with Crippen molar-refractivity contribution in [2.45, 2.75) is 20.0 Å². The molecule has 1 aromatic rings. The summed E-state index contributed by atoms with van der Waals surface area (Å²) in [5, 5.41) is 7.44. The lowest BCUT2D eigenvalue weighted by Gasteiger charge is -1.96. The Hall–Kier alpha value is -1.27. The van der Waals surface area contributed by atoms with Gasteiger partial charge in [0.05, 0.1) is 5.69 Å². The van der Waals surface area contributed by atoms with Crippen LogP contribution in [-0.4, -0.2) is 16.3 Å². The molecule has 0 aliphatic carbocycles. The molecule has 3 nitrogen and oxygen atoms in total. The predicted molar refractivity (Wildman–Crippen MR) is 48.4 cm³/mol. The number of hydrogen-bond acceptors (Lipinski definition) is 2. The highest BCUT2D eigenvalue weighted by molar-refractivity contribution is 4.99. The van der Waals surface area contributed by atoms with Crippen LogP contribution in [0.15, 0.2) is 12.3 Å². The van der Waals surface area contributed by atoms with Crippen molar-refractivity contribution in [3.63, 3.8) is 0 Å². The van der Waals surface area contributed by atoms with Crippen molar-refractivity contribution in [1.82, 2.24) is 15.1 Å². The van der Waals surface area contributed by atoms with Gasteiger partial charge in [0.25, 0.3) is 0 Å². The minimum Gasteiger partial charge on any atom is -0.311 e. The van der Waals surface area contributed by atoms with E-state index < -0.39 is 0 Å². The molecule has 0 aliphatic rings. The van der Waals surface area contributed by atoms with E-state index in [4.69, 9.17) is 6.42 Å². The third kappa shape index (κ3) is 2.40. The van der Waals surface area contributed by atoms with E-state index in [1.165, 1.54) is 0 Å². The van der Waals surface area contributed by atoms with Crippen molar-refractivity contribution >= 4 is 0 Å². The van der Waals surface area contributed by atoms with E-state index in [9.17, 15) is 0 Å². The first-order chi connectivity index (χ1) is 5.86. The summed E-state index contributed by atoms with van der Waals surface area (Å²) in [5.74, 6) is 2.53. The number of nitrogens with one attached hydrogen (secondary N) is 1. The minimum absolute atomic E-state index is 0.548. The molecule has 3 heteroatoms. The molecule has 1 N–H and O–H groups in total. The van der Waals surface area contributed by atoms with Crippen molar-refractivity contribution in [1.29, 1.82) is 0 Å². The fraction of sp³-hybridized carbons (Fsp3) is 0.444. The first kappa shape index (κ1) is 8.82. The van der Waals surface area contributed by atoms with Gasteiger partial charge in [0.2, 0.25) is 0 Å². The van der Waals surface area contributed by atoms with Crippen LogP contribution in [0.4, 0.5) is 0 Å². The molecule has 1 rings (SSSR count). The van der Waals surface area contributed by atoms with Crippen molar-refractivity contribution in [3.8, 4) is 12.3 Å². The quantitative estimate of drug-likeness (QED) is 0.660. The van der Waals surface area contributed by atoms with Crippen LogP contribution in [-0.2, 0) is 13.1 Å². The molecule has 0 atom stereocenters. The van der Waals surface area contributed by atoms with Gasteiger partial charge in [-0.25, -0.2) is 0 Å². The summed E-state index contributed by atoms with van der Waals surface area (Å²) in [5.41, 5.74) is 1.03. The van der Waals surface area contributed by atoms with Crippen molar-refractivity contribution < 1.29 is 0 Å². The van der Waals surface area contributed by atoms with Gasteiger partial charge in [-0.2, -0.15) is 5.10 Å². The van der Waals surface area contributed by atoms with Gasteiger partial charge in [-0.1, -0.05) is 12.8 Å². The predicted octanol–water partition coefficient (Wildman–Crippen LogP) is 0.626. The number of hydrogen-bond donors (Lipinski definition) is 1. The van der Waals surface area contributed by atoms with Crippen LogP contribution in [0.3, 0.4) is 0 Å². The van der Waals surface area contributed by atoms with Gasteiger partial charge in [0, 0.05) is 12.7 Å². The zero-order valence-electron chi connectivity index (χ0n) is 7.25. The Morgan fingerprint density at radius 1 is 1.75 bits per heavy atom. The van der Waals surface area contributed by atoms with Crippen molar-refractivity contribution in [2.75, 3.05) is 6.54 Å². The summed E-state index contributed by atoms with van der Waals surface area (Å²) < 4.78 is 1.76. The van der Waals surface area contributed by atoms with Crippen LogP contribution in [0, 0.1) is 12.3 Å². The first-order valence-electron chi connectivity index (χ1n) is 4.03. The molecular weight excluding hydrogens is 150 g/mol. The fourth-order valence-electron chi connectivity index (χ4n) is 0.933. The molecule has 0 unspecified atom stereocenters. The van der Waals surface area contributed by atoms with E-state index in [1.807, 2.05) is 12.3 Å². The highest BCUT2D eigenvalue weighted by atomic mass is 15.3. The third-order valence-electron chi connectivity index (χ3n) is 1.51. The summed E-state index contributed by atoms with van der Waals surface area (Å²) in [6, 6.07) is 1.97. The van der Waals surface area contributed by atoms with Crippen LogP contribution in [0.1, 0.15) is 12.6 Å². The van der Waals surface area contributed by atoms with Crippen LogP contribution < -0.4 is 5.32 Å². The Labute approximate surface area is 72.8 Å². The summed E-state index contributed by atoms with van der Waals surface area (Å²) in [7, 11) is 0. The summed E-state index contributed by atoms with van der Waals surface area (Å²) in [6.45, 7) is 4.39. The first-order valence-corrected chi connectivity index (χ1v) is 4.03. The maximum absolute atomic E-state index is 5.14. The zero-order chi connectivity index (χ0) is 8.81. The van der Waals surface area contributed by atoms with Gasteiger partial charge in [-0.05, 0) is 12.6 Å². The number of aromatic nitrogens is 2. The summed E-state index contributed by atoms with van der Waals surface area (Å²) >= 11 is 0. The topological polar surface area (TPSA) is 29.9 Å². The highest BCUT2D eigenvalue weighted by Gasteiger charge is 1.95. The molecule has 0 aliphatic heterocycles. The molecule has 1 heterocycles. The van der Waals surface area contributed by atoms with Crippen molar-refractivity contribution in [3.05, 3.63) is 18.0 Å². The Kier molecular flexibility index (Phi) is 3.36. The van der Waals surface area contributed by atoms with Crippen LogP contribution in [0.2, 0.25) is 0 Å². The smallest absolute Gasteiger partial charge is 0.101 e. The van der Waals surface area contributed by atoms with E-state index in [2.05, 4.69) is 23.3 Å². The molecule has 64 valence electrons. The summed E-state index contributed by atoms with van der Waals surface area (Å²) in [4.78, 5) is 0. The van der Waals surface area contributed by atoms with Gasteiger partial charge >= 0.3 is 0 Å². The van der Waals surface area contributed by atoms with Gasteiger partial charge in [0.15, 0.2) is 0 Å². The zero-order valence-corrected chi connectivity index (χ0v) is 7.25. The molecule has 0 saturated heterocycles. The molecule has 12 heavy (non-hydrogen) atoms. The Morgan fingerprint density at radius 3 is 3.25 bits per heavy atom. The van der Waals surface area contributed by atoms with Crippen molar-refractivity contribution in [2.24, 2.45) is 0 Å². The lowest BCUT2D eigenvalue weighted by molar-refractivity contribution is 0.658. The Balaban J connectivity index is 2.48. The van der Waals surface area contributed by atoms with Crippen LogP contribution in [0.5, 0.6) is 0 Å². The second kappa shape index (κ2) is 4.58. The van der Waals surface area contributed by atoms with E-state index in [0.717, 1.165) is 18.8 Å². The summed E-state index contributed by atoms with van der Waals surface area (Å²) in [6.07, 6.45) is 7.04. The lowest BCUT2D eigenvalue weighted by Crippen LogP contribution is -2.12. The molecule has 0 spiro atoms. The molecule has 0 bridgehead atoms. The number of terminal acetylenes is 1. The molecular formula is C9H13N3. The highest BCUT2D eigenvalue weighted by Crippen LogP contribution is 1.94. The number of nitrogens with zero attached hydrogens (tertiary/aromatic N) is 2. The standard InChI is InChI=1S/C9H13N3/c1-3-6-12-7-5-9(11-12)8-10-4-2/h1,5,7,10H,4,6,8H2,2H3.